The van der Waals surface area contributed by atoms with Crippen molar-refractivity contribution in [3.63, 3.8) is 0 Å². The second kappa shape index (κ2) is 4.11. The number of nitrogens with zero attached hydrogens (tertiary/aromatic N) is 1. The fourth-order valence-electron chi connectivity index (χ4n) is 2.07. The second-order valence-corrected chi connectivity index (χ2v) is 4.22. The van der Waals surface area contributed by atoms with Crippen LogP contribution in [-0.2, 0) is 0 Å². The van der Waals surface area contributed by atoms with E-state index in [1.165, 1.54) is 24.0 Å². The summed E-state index contributed by atoms with van der Waals surface area (Å²) in [5, 5.41) is 1.92. The molecular weight excluding hydrogens is 172 g/mol. The minimum atomic E-state index is 0.718. The lowest BCUT2D eigenvalue weighted by Crippen LogP contribution is -2.38. The van der Waals surface area contributed by atoms with Crippen LogP contribution in [0.5, 0.6) is 0 Å². The van der Waals surface area contributed by atoms with Crippen LogP contribution in [0.1, 0.15) is 29.9 Å². The Morgan fingerprint density at radius 3 is 2.29 bits per heavy atom. The van der Waals surface area contributed by atoms with Gasteiger partial charge in [0, 0.05) is 13.1 Å². The van der Waals surface area contributed by atoms with Crippen molar-refractivity contribution in [3.8, 4) is 0 Å². The predicted molar refractivity (Wildman–Crippen MR) is 58.9 cm³/mol. The molecule has 2 rings (SSSR count). The Labute approximate surface area is 85.7 Å². The van der Waals surface area contributed by atoms with Gasteiger partial charge in [0.15, 0.2) is 0 Å². The average molecular weight is 190 g/mol. The first-order chi connectivity index (χ1) is 6.75. The predicted octanol–water partition coefficient (Wildman–Crippen LogP) is 2.05. The molecule has 1 aromatic carbocycles. The Morgan fingerprint density at radius 1 is 1.14 bits per heavy atom. The molecule has 1 saturated heterocycles. The standard InChI is InChI=1S/C12H18N2/c1-10-2-4-11(5-3-10)12-6-8-14(13)9-7-12/h2-5,12H,6-9,13H2,1H3. The Bertz CT molecular complexity index is 284. The smallest absolute Gasteiger partial charge is 0.0134 e. The van der Waals surface area contributed by atoms with E-state index in [0.29, 0.717) is 0 Å². The Balaban J connectivity index is 2.05. The van der Waals surface area contributed by atoms with E-state index in [-0.39, 0.29) is 0 Å². The molecule has 0 unspecified atom stereocenters. The van der Waals surface area contributed by atoms with Crippen LogP contribution in [-0.4, -0.2) is 18.1 Å². The number of hydrogen-bond donors (Lipinski definition) is 1. The average Bonchev–Trinajstić information content (AvgIpc) is 2.21. The van der Waals surface area contributed by atoms with Gasteiger partial charge < -0.3 is 0 Å². The van der Waals surface area contributed by atoms with E-state index >= 15 is 0 Å². The monoisotopic (exact) mass is 190 g/mol. The van der Waals surface area contributed by atoms with Crippen molar-refractivity contribution in [1.29, 1.82) is 0 Å². The second-order valence-electron chi connectivity index (χ2n) is 4.22. The third-order valence-corrected chi connectivity index (χ3v) is 3.08. The normalized spacial score (nSPS) is 19.9. The molecule has 14 heavy (non-hydrogen) atoms. The SMILES string of the molecule is Cc1ccc(C2CCN(N)CC2)cc1. The van der Waals surface area contributed by atoms with Crippen LogP contribution < -0.4 is 5.84 Å². The molecule has 0 aromatic heterocycles. The molecule has 2 heteroatoms. The summed E-state index contributed by atoms with van der Waals surface area (Å²) >= 11 is 0. The summed E-state index contributed by atoms with van der Waals surface area (Å²) in [4.78, 5) is 0. The van der Waals surface area contributed by atoms with Crippen molar-refractivity contribution in [2.24, 2.45) is 5.84 Å². The molecule has 0 radical (unpaired) electrons. The van der Waals surface area contributed by atoms with Gasteiger partial charge in [0.1, 0.15) is 0 Å². The maximum atomic E-state index is 5.73. The van der Waals surface area contributed by atoms with E-state index in [0.717, 1.165) is 19.0 Å². The fourth-order valence-corrected chi connectivity index (χ4v) is 2.07. The van der Waals surface area contributed by atoms with Gasteiger partial charge in [-0.05, 0) is 31.2 Å². The van der Waals surface area contributed by atoms with Crippen molar-refractivity contribution in [2.45, 2.75) is 25.7 Å². The van der Waals surface area contributed by atoms with Crippen LogP contribution in [0.15, 0.2) is 24.3 Å². The summed E-state index contributed by atoms with van der Waals surface area (Å²) in [5.74, 6) is 6.45. The van der Waals surface area contributed by atoms with E-state index in [4.69, 9.17) is 5.84 Å². The van der Waals surface area contributed by atoms with Gasteiger partial charge >= 0.3 is 0 Å². The first kappa shape index (κ1) is 9.69. The van der Waals surface area contributed by atoms with Crippen LogP contribution in [0.3, 0.4) is 0 Å². The van der Waals surface area contributed by atoms with E-state index in [1.54, 1.807) is 0 Å². The molecule has 1 aliphatic rings. The van der Waals surface area contributed by atoms with Crippen LogP contribution in [0.4, 0.5) is 0 Å². The molecule has 0 aliphatic carbocycles. The summed E-state index contributed by atoms with van der Waals surface area (Å²) < 4.78 is 0. The van der Waals surface area contributed by atoms with Gasteiger partial charge in [-0.3, -0.25) is 5.84 Å². The number of benzene rings is 1. The molecule has 1 fully saturated rings. The highest BCUT2D eigenvalue weighted by molar-refractivity contribution is 5.24. The first-order valence-electron chi connectivity index (χ1n) is 5.32. The Morgan fingerprint density at radius 2 is 1.71 bits per heavy atom. The first-order valence-corrected chi connectivity index (χ1v) is 5.32. The number of rotatable bonds is 1. The summed E-state index contributed by atoms with van der Waals surface area (Å²) in [6.07, 6.45) is 2.39. The molecule has 0 amide bonds. The van der Waals surface area contributed by atoms with E-state index in [2.05, 4.69) is 31.2 Å². The zero-order valence-electron chi connectivity index (χ0n) is 8.74. The van der Waals surface area contributed by atoms with Crippen molar-refractivity contribution >= 4 is 0 Å². The fraction of sp³-hybridized carbons (Fsp3) is 0.500. The molecule has 2 N–H and O–H groups in total. The van der Waals surface area contributed by atoms with Gasteiger partial charge in [0.05, 0.1) is 0 Å². The number of hydrazine groups is 1. The van der Waals surface area contributed by atoms with E-state index in [9.17, 15) is 0 Å². The van der Waals surface area contributed by atoms with Gasteiger partial charge in [-0.2, -0.15) is 0 Å². The van der Waals surface area contributed by atoms with Gasteiger partial charge in [0.25, 0.3) is 0 Å². The number of hydrogen-bond acceptors (Lipinski definition) is 2. The lowest BCUT2D eigenvalue weighted by Gasteiger charge is -2.28. The molecule has 76 valence electrons. The molecule has 0 saturated carbocycles. The lowest BCUT2D eigenvalue weighted by molar-refractivity contribution is 0.217. The van der Waals surface area contributed by atoms with Gasteiger partial charge in [-0.15, -0.1) is 0 Å². The number of aryl methyl sites for hydroxylation is 1. The zero-order valence-corrected chi connectivity index (χ0v) is 8.74. The third kappa shape index (κ3) is 2.14. The van der Waals surface area contributed by atoms with Gasteiger partial charge in [0.2, 0.25) is 0 Å². The summed E-state index contributed by atoms with van der Waals surface area (Å²) in [7, 11) is 0. The van der Waals surface area contributed by atoms with E-state index in [1.807, 2.05) is 5.01 Å². The molecule has 1 heterocycles. The van der Waals surface area contributed by atoms with Crippen molar-refractivity contribution in [3.05, 3.63) is 35.4 Å². The molecule has 2 nitrogen and oxygen atoms in total. The molecule has 0 spiro atoms. The molecule has 1 aromatic rings. The highest BCUT2D eigenvalue weighted by Crippen LogP contribution is 2.26. The Hall–Kier alpha value is -0.860. The van der Waals surface area contributed by atoms with Crippen molar-refractivity contribution in [2.75, 3.05) is 13.1 Å². The molecule has 0 atom stereocenters. The highest BCUT2D eigenvalue weighted by atomic mass is 15.4. The quantitative estimate of drug-likeness (QED) is 0.687. The van der Waals surface area contributed by atoms with Crippen LogP contribution >= 0.6 is 0 Å². The Kier molecular flexibility index (Phi) is 2.85. The largest absolute Gasteiger partial charge is 0.269 e. The molecular formula is C12H18N2. The maximum absolute atomic E-state index is 5.73. The van der Waals surface area contributed by atoms with Crippen molar-refractivity contribution < 1.29 is 0 Å². The molecule has 1 aliphatic heterocycles. The lowest BCUT2D eigenvalue weighted by atomic mass is 9.90. The van der Waals surface area contributed by atoms with Crippen molar-refractivity contribution in [1.82, 2.24) is 5.01 Å². The zero-order chi connectivity index (χ0) is 9.97. The number of nitrogens with two attached hydrogens (primary N) is 1. The minimum Gasteiger partial charge on any atom is -0.269 e. The minimum absolute atomic E-state index is 0.718. The van der Waals surface area contributed by atoms with Crippen LogP contribution in [0.2, 0.25) is 0 Å². The van der Waals surface area contributed by atoms with Gasteiger partial charge in [-0.25, -0.2) is 5.01 Å². The van der Waals surface area contributed by atoms with E-state index < -0.39 is 0 Å². The summed E-state index contributed by atoms with van der Waals surface area (Å²) in [6.45, 7) is 4.18. The van der Waals surface area contributed by atoms with Crippen LogP contribution in [0.25, 0.3) is 0 Å². The highest BCUT2D eigenvalue weighted by Gasteiger charge is 2.18. The van der Waals surface area contributed by atoms with Gasteiger partial charge in [-0.1, -0.05) is 29.8 Å². The summed E-state index contributed by atoms with van der Waals surface area (Å²) in [5.41, 5.74) is 2.81. The number of piperidine rings is 1. The molecule has 0 bridgehead atoms. The summed E-state index contributed by atoms with van der Waals surface area (Å²) in [6, 6.07) is 8.91. The van der Waals surface area contributed by atoms with Crippen LogP contribution in [0, 0.1) is 6.92 Å². The maximum Gasteiger partial charge on any atom is 0.0134 e. The topological polar surface area (TPSA) is 29.3 Å². The third-order valence-electron chi connectivity index (χ3n) is 3.08.